The Labute approximate surface area is 145 Å². The van der Waals surface area contributed by atoms with Gasteiger partial charge in [0.25, 0.3) is 0 Å². The fourth-order valence-corrected chi connectivity index (χ4v) is 2.73. The van der Waals surface area contributed by atoms with Gasteiger partial charge in [-0.2, -0.15) is 5.26 Å². The van der Waals surface area contributed by atoms with Gasteiger partial charge in [-0.05, 0) is 5.56 Å². The molecule has 1 N–H and O–H groups in total. The lowest BCUT2D eigenvalue weighted by Crippen LogP contribution is -2.13. The molecule has 1 atom stereocenters. The molecule has 0 spiro atoms. The fraction of sp³-hybridized carbons (Fsp3) is 0.100. The van der Waals surface area contributed by atoms with Gasteiger partial charge in [0.2, 0.25) is 11.8 Å². The number of aliphatic imine (C=N–C) groups is 1. The van der Waals surface area contributed by atoms with Crippen molar-refractivity contribution in [3.8, 4) is 6.07 Å². The molecule has 0 radical (unpaired) electrons. The van der Waals surface area contributed by atoms with E-state index >= 15 is 0 Å². The third-order valence-electron chi connectivity index (χ3n) is 4.02. The number of benzene rings is 2. The van der Waals surface area contributed by atoms with Crippen molar-refractivity contribution in [1.82, 2.24) is 5.32 Å². The van der Waals surface area contributed by atoms with Crippen LogP contribution in [0.25, 0.3) is 5.70 Å². The maximum Gasteiger partial charge on any atom is 0.233 e. The normalized spacial score (nSPS) is 20.5. The Hall–Kier alpha value is -3.52. The highest BCUT2D eigenvalue weighted by atomic mass is 16.5. The monoisotopic (exact) mass is 329 g/mol. The van der Waals surface area contributed by atoms with E-state index in [9.17, 15) is 5.26 Å². The molecule has 0 saturated heterocycles. The third-order valence-corrected chi connectivity index (χ3v) is 4.02. The van der Waals surface area contributed by atoms with Gasteiger partial charge in [0, 0.05) is 5.56 Å². The quantitative estimate of drug-likeness (QED) is 0.875. The molecule has 0 fully saturated rings. The summed E-state index contributed by atoms with van der Waals surface area (Å²) in [6.07, 6.45) is 1.59. The Kier molecular flexibility index (Phi) is 3.93. The van der Waals surface area contributed by atoms with Crippen LogP contribution in [0, 0.1) is 11.3 Å². The Morgan fingerprint density at radius 1 is 1.08 bits per heavy atom. The minimum atomic E-state index is -0.108. The van der Waals surface area contributed by atoms with Crippen LogP contribution in [0.2, 0.25) is 0 Å². The van der Waals surface area contributed by atoms with Crippen molar-refractivity contribution in [1.29, 1.82) is 5.26 Å². The van der Waals surface area contributed by atoms with Crippen LogP contribution in [0.1, 0.15) is 17.2 Å². The number of nitriles is 1. The van der Waals surface area contributed by atoms with Crippen LogP contribution in [0.15, 0.2) is 83.4 Å². The van der Waals surface area contributed by atoms with Crippen LogP contribution < -0.4 is 5.32 Å². The maximum atomic E-state index is 9.55. The lowest BCUT2D eigenvalue weighted by atomic mass is 10.1. The molecule has 4 rings (SSSR count). The van der Waals surface area contributed by atoms with Gasteiger partial charge in [-0.3, -0.25) is 0 Å². The van der Waals surface area contributed by atoms with Crippen molar-refractivity contribution in [3.63, 3.8) is 0 Å². The molecule has 2 heterocycles. The third kappa shape index (κ3) is 2.98. The van der Waals surface area contributed by atoms with Crippen LogP contribution in [-0.2, 0) is 9.47 Å². The molecule has 2 aliphatic rings. The average molecular weight is 329 g/mol. The number of nitrogens with one attached hydrogen (secondary N) is 1. The molecular weight excluding hydrogens is 314 g/mol. The molecule has 5 nitrogen and oxygen atoms in total. The molecule has 2 aromatic carbocycles. The largest absolute Gasteiger partial charge is 0.474 e. The van der Waals surface area contributed by atoms with E-state index in [4.69, 9.17) is 9.47 Å². The van der Waals surface area contributed by atoms with E-state index in [1.807, 2.05) is 60.7 Å². The van der Waals surface area contributed by atoms with E-state index in [-0.39, 0.29) is 11.6 Å². The molecule has 0 saturated carbocycles. The smallest absolute Gasteiger partial charge is 0.233 e. The van der Waals surface area contributed by atoms with Crippen molar-refractivity contribution in [3.05, 3.63) is 89.5 Å². The van der Waals surface area contributed by atoms with Gasteiger partial charge in [0.15, 0.2) is 5.57 Å². The Morgan fingerprint density at radius 3 is 2.52 bits per heavy atom. The van der Waals surface area contributed by atoms with Gasteiger partial charge < -0.3 is 14.8 Å². The number of hydrogen-bond donors (Lipinski definition) is 1. The molecule has 122 valence electrons. The van der Waals surface area contributed by atoms with Crippen molar-refractivity contribution < 1.29 is 9.47 Å². The number of nitrogens with zero attached hydrogens (tertiary/aromatic N) is 2. The predicted octanol–water partition coefficient (Wildman–Crippen LogP) is 3.51. The highest BCUT2D eigenvalue weighted by molar-refractivity contribution is 5.99. The molecule has 0 amide bonds. The predicted molar refractivity (Wildman–Crippen MR) is 93.8 cm³/mol. The van der Waals surface area contributed by atoms with Crippen molar-refractivity contribution in [2.24, 2.45) is 4.99 Å². The summed E-state index contributed by atoms with van der Waals surface area (Å²) >= 11 is 0. The standard InChI is InChI=1S/C20H15N3O2/c21-11-16(19-22-17(12-24-19)14-7-3-1-4-8-14)20-23-18(13-25-20)15-9-5-2-6-10-15/h1-10,12,18,22H,13H2. The summed E-state index contributed by atoms with van der Waals surface area (Å²) in [4.78, 5) is 4.54. The van der Waals surface area contributed by atoms with Crippen LogP contribution in [-0.4, -0.2) is 12.5 Å². The average Bonchev–Trinajstić information content (AvgIpc) is 3.35. The summed E-state index contributed by atoms with van der Waals surface area (Å²) in [5.74, 6) is 0.648. The van der Waals surface area contributed by atoms with E-state index in [0.29, 0.717) is 18.4 Å². The van der Waals surface area contributed by atoms with E-state index in [0.717, 1.165) is 16.8 Å². The molecule has 25 heavy (non-hydrogen) atoms. The van der Waals surface area contributed by atoms with E-state index in [2.05, 4.69) is 16.4 Å². The second-order valence-corrected chi connectivity index (χ2v) is 5.63. The summed E-state index contributed by atoms with van der Waals surface area (Å²) in [5, 5.41) is 12.7. The first-order valence-electron chi connectivity index (χ1n) is 7.95. The molecular formula is C20H15N3O2. The second-order valence-electron chi connectivity index (χ2n) is 5.63. The molecule has 2 aromatic rings. The SMILES string of the molecule is N#CC(C1=NC(c2ccccc2)CO1)=C1NC(c2ccccc2)=CO1. The second kappa shape index (κ2) is 6.54. The van der Waals surface area contributed by atoms with Crippen LogP contribution in [0.5, 0.6) is 0 Å². The highest BCUT2D eigenvalue weighted by Gasteiger charge is 2.28. The zero-order valence-electron chi connectivity index (χ0n) is 13.3. The van der Waals surface area contributed by atoms with Gasteiger partial charge in [-0.1, -0.05) is 60.7 Å². The Morgan fingerprint density at radius 2 is 1.80 bits per heavy atom. The molecule has 1 unspecified atom stereocenters. The van der Waals surface area contributed by atoms with Crippen LogP contribution >= 0.6 is 0 Å². The van der Waals surface area contributed by atoms with Gasteiger partial charge in [0.1, 0.15) is 25.0 Å². The maximum absolute atomic E-state index is 9.55. The lowest BCUT2D eigenvalue weighted by Gasteiger charge is -2.05. The summed E-state index contributed by atoms with van der Waals surface area (Å²) in [5.41, 5.74) is 3.09. The Bertz CT molecular complexity index is 909. The number of rotatable bonds is 3. The molecule has 2 aliphatic heterocycles. The van der Waals surface area contributed by atoms with E-state index in [1.54, 1.807) is 6.26 Å². The molecule has 5 heteroatoms. The lowest BCUT2D eigenvalue weighted by molar-refractivity contribution is 0.314. The number of ether oxygens (including phenoxy) is 2. The minimum absolute atomic E-state index is 0.108. The topological polar surface area (TPSA) is 66.6 Å². The summed E-state index contributed by atoms with van der Waals surface area (Å²) < 4.78 is 11.2. The minimum Gasteiger partial charge on any atom is -0.474 e. The van der Waals surface area contributed by atoms with Crippen molar-refractivity contribution in [2.75, 3.05) is 6.61 Å². The summed E-state index contributed by atoms with van der Waals surface area (Å²) in [6, 6.07) is 21.7. The first kappa shape index (κ1) is 15.0. The fourth-order valence-electron chi connectivity index (χ4n) is 2.73. The van der Waals surface area contributed by atoms with Gasteiger partial charge in [-0.15, -0.1) is 0 Å². The first-order valence-corrected chi connectivity index (χ1v) is 7.95. The van der Waals surface area contributed by atoms with Crippen LogP contribution in [0.4, 0.5) is 0 Å². The highest BCUT2D eigenvalue weighted by Crippen LogP contribution is 2.27. The molecule has 0 bridgehead atoms. The van der Waals surface area contributed by atoms with Crippen molar-refractivity contribution in [2.45, 2.75) is 6.04 Å². The van der Waals surface area contributed by atoms with Gasteiger partial charge in [0.05, 0.1) is 5.70 Å². The summed E-state index contributed by atoms with van der Waals surface area (Å²) in [6.45, 7) is 0.413. The first-order chi connectivity index (χ1) is 12.3. The van der Waals surface area contributed by atoms with Crippen molar-refractivity contribution >= 4 is 11.6 Å². The Balaban J connectivity index is 1.58. The molecule has 0 aromatic heterocycles. The summed E-state index contributed by atoms with van der Waals surface area (Å²) in [7, 11) is 0. The van der Waals surface area contributed by atoms with Crippen LogP contribution in [0.3, 0.4) is 0 Å². The zero-order valence-corrected chi connectivity index (χ0v) is 13.3. The number of hydrogen-bond acceptors (Lipinski definition) is 5. The van der Waals surface area contributed by atoms with Gasteiger partial charge >= 0.3 is 0 Å². The zero-order chi connectivity index (χ0) is 17.1. The van der Waals surface area contributed by atoms with Gasteiger partial charge in [-0.25, -0.2) is 4.99 Å². The van der Waals surface area contributed by atoms with E-state index in [1.165, 1.54) is 0 Å². The molecule has 0 aliphatic carbocycles. The van der Waals surface area contributed by atoms with E-state index < -0.39 is 0 Å².